The van der Waals surface area contributed by atoms with Crippen molar-refractivity contribution in [2.45, 2.75) is 6.92 Å². The van der Waals surface area contributed by atoms with Crippen molar-refractivity contribution in [1.29, 1.82) is 0 Å². The Morgan fingerprint density at radius 2 is 0.857 bits per heavy atom. The van der Waals surface area contributed by atoms with Gasteiger partial charge in [-0.05, 0) is 103 Å². The van der Waals surface area contributed by atoms with Crippen LogP contribution in [0.4, 0.5) is 34.1 Å². The Bertz CT molecular complexity index is 2910. The van der Waals surface area contributed by atoms with Crippen LogP contribution in [-0.2, 0) is 0 Å². The molecule has 0 unspecified atom stereocenters. The van der Waals surface area contributed by atoms with Crippen molar-refractivity contribution < 1.29 is 0 Å². The van der Waals surface area contributed by atoms with Crippen LogP contribution in [0.5, 0.6) is 0 Å². The molecule has 10 rings (SSSR count). The Morgan fingerprint density at radius 1 is 0.411 bits per heavy atom. The Hall–Kier alpha value is -7.01. The lowest BCUT2D eigenvalue weighted by Crippen LogP contribution is -2.10. The maximum Gasteiger partial charge on any atom is 0.0893 e. The molecule has 5 heteroatoms. The Kier molecular flexibility index (Phi) is 8.39. The van der Waals surface area contributed by atoms with Crippen molar-refractivity contribution in [3.63, 3.8) is 0 Å². The molecule has 0 atom stereocenters. The predicted molar refractivity (Wildman–Crippen MR) is 237 cm³/mol. The minimum atomic E-state index is 0.679. The summed E-state index contributed by atoms with van der Waals surface area (Å²) < 4.78 is 4.50. The van der Waals surface area contributed by atoms with Crippen LogP contribution in [0, 0.1) is 6.92 Å². The van der Waals surface area contributed by atoms with Crippen LogP contribution in [0.1, 0.15) is 5.56 Å². The van der Waals surface area contributed by atoms with Crippen molar-refractivity contribution in [2.24, 2.45) is 0 Å². The summed E-state index contributed by atoms with van der Waals surface area (Å²) in [7, 11) is 0. The van der Waals surface area contributed by atoms with Gasteiger partial charge >= 0.3 is 0 Å². The number of rotatable bonds is 8. The van der Waals surface area contributed by atoms with E-state index in [0.29, 0.717) is 5.02 Å². The molecule has 0 saturated heterocycles. The summed E-state index contributed by atoms with van der Waals surface area (Å²) in [5.74, 6) is 0. The third-order valence-electron chi connectivity index (χ3n) is 10.6. The second-order valence-electron chi connectivity index (χ2n) is 14.1. The topological polar surface area (TPSA) is 16.3 Å². The van der Waals surface area contributed by atoms with Crippen LogP contribution in [0.25, 0.3) is 44.0 Å². The average Bonchev–Trinajstić information content (AvgIpc) is 3.88. The molecule has 56 heavy (non-hydrogen) atoms. The van der Waals surface area contributed by atoms with E-state index in [1.165, 1.54) is 5.56 Å². The fraction of sp³-hybridized carbons (Fsp3) is 0.0196. The molecule has 0 spiro atoms. The first-order valence-electron chi connectivity index (χ1n) is 18.9. The number of aromatic nitrogens is 2. The zero-order chi connectivity index (χ0) is 37.6. The summed E-state index contributed by atoms with van der Waals surface area (Å²) in [5, 5.41) is 5.14. The van der Waals surface area contributed by atoms with Crippen LogP contribution in [0.15, 0.2) is 207 Å². The van der Waals surface area contributed by atoms with E-state index in [1.54, 1.807) is 0 Å². The summed E-state index contributed by atoms with van der Waals surface area (Å²) in [6.07, 6.45) is 4.31. The van der Waals surface area contributed by atoms with Gasteiger partial charge in [0.1, 0.15) is 0 Å². The fourth-order valence-electron chi connectivity index (χ4n) is 8.14. The summed E-state index contributed by atoms with van der Waals surface area (Å²) in [4.78, 5) is 4.64. The smallest absolute Gasteiger partial charge is 0.0893 e. The number of aryl methyl sites for hydroxylation is 1. The molecule has 2 heterocycles. The predicted octanol–water partition coefficient (Wildman–Crippen LogP) is 14.6. The molecule has 268 valence electrons. The number of para-hydroxylation sites is 4. The normalized spacial score (nSPS) is 11.4. The summed E-state index contributed by atoms with van der Waals surface area (Å²) in [6.45, 7) is 2.14. The van der Waals surface area contributed by atoms with Gasteiger partial charge in [0.25, 0.3) is 0 Å². The zero-order valence-electron chi connectivity index (χ0n) is 30.8. The molecule has 8 aromatic carbocycles. The number of fused-ring (bicyclic) bond motifs is 3. The molecule has 0 aliphatic heterocycles. The van der Waals surface area contributed by atoms with E-state index < -0.39 is 0 Å². The van der Waals surface area contributed by atoms with Crippen molar-refractivity contribution in [3.05, 3.63) is 217 Å². The molecule has 4 nitrogen and oxygen atoms in total. The van der Waals surface area contributed by atoms with Crippen molar-refractivity contribution in [3.8, 4) is 11.4 Å². The summed E-state index contributed by atoms with van der Waals surface area (Å²) >= 11 is 7.74. The lowest BCUT2D eigenvalue weighted by atomic mass is 10.0. The largest absolute Gasteiger partial charge is 0.315 e. The van der Waals surface area contributed by atoms with Gasteiger partial charge in [0, 0.05) is 51.3 Å². The van der Waals surface area contributed by atoms with Gasteiger partial charge in [-0.15, -0.1) is 0 Å². The Labute approximate surface area is 331 Å². The molecule has 0 bridgehead atoms. The van der Waals surface area contributed by atoms with Gasteiger partial charge in [0.05, 0.1) is 38.8 Å². The van der Waals surface area contributed by atoms with E-state index in [9.17, 15) is 0 Å². The highest BCUT2D eigenvalue weighted by Crippen LogP contribution is 2.44. The maximum atomic E-state index is 7.74. The zero-order valence-corrected chi connectivity index (χ0v) is 31.6. The minimum Gasteiger partial charge on any atom is -0.315 e. The molecule has 0 aliphatic rings. The third kappa shape index (κ3) is 5.70. The van der Waals surface area contributed by atoms with E-state index in [4.69, 9.17) is 11.6 Å². The number of hydrogen-bond acceptors (Lipinski definition) is 2. The second-order valence-corrected chi connectivity index (χ2v) is 14.5. The third-order valence-corrected chi connectivity index (χ3v) is 11.0. The van der Waals surface area contributed by atoms with Gasteiger partial charge < -0.3 is 18.9 Å². The van der Waals surface area contributed by atoms with Gasteiger partial charge in [-0.1, -0.05) is 120 Å². The number of nitrogens with zero attached hydrogens (tertiary/aromatic N) is 4. The summed E-state index contributed by atoms with van der Waals surface area (Å²) in [5.41, 5.74) is 11.8. The number of anilines is 6. The van der Waals surface area contributed by atoms with Crippen molar-refractivity contribution in [1.82, 2.24) is 9.13 Å². The molecule has 0 aliphatic carbocycles. The lowest BCUT2D eigenvalue weighted by molar-refractivity contribution is 1.10. The van der Waals surface area contributed by atoms with Crippen LogP contribution in [-0.4, -0.2) is 9.13 Å². The molecular weight excluding hydrogens is 704 g/mol. The van der Waals surface area contributed by atoms with E-state index in [-0.39, 0.29) is 0 Å². The first-order chi connectivity index (χ1) is 27.6. The van der Waals surface area contributed by atoms with Gasteiger partial charge in [-0.2, -0.15) is 0 Å². The average molecular weight is 741 g/mol. The molecule has 2 aromatic heterocycles. The van der Waals surface area contributed by atoms with Gasteiger partial charge in [0.15, 0.2) is 0 Å². The highest BCUT2D eigenvalue weighted by molar-refractivity contribution is 6.36. The van der Waals surface area contributed by atoms with Gasteiger partial charge in [-0.25, -0.2) is 0 Å². The standard InChI is InChI=1S/C51H37ClN4/c1-36-28-29-42-37(34-36)35-49(53-32-30-43-45(53)24-14-26-47(43)55(38-16-6-2-7-17-38)39-18-8-3-9-19-39)50(52)51(42)54-33-31-44-46(54)25-15-27-48(44)56(40-20-10-4-11-21-40)41-22-12-5-13-23-41/h2-35H,1H3. The SMILES string of the molecule is Cc1ccc2c(-n3ccc4c(N(c5ccccc5)c5ccccc5)cccc43)c(Cl)c(-n3ccc4c(N(c5ccccc5)c5ccccc5)cccc43)cc2c1. The maximum absolute atomic E-state index is 7.74. The van der Waals surface area contributed by atoms with Crippen molar-refractivity contribution in [2.75, 3.05) is 9.80 Å². The number of halogens is 1. The Morgan fingerprint density at radius 3 is 1.34 bits per heavy atom. The van der Waals surface area contributed by atoms with Crippen LogP contribution in [0.3, 0.4) is 0 Å². The summed E-state index contributed by atoms with van der Waals surface area (Å²) in [6, 6.07) is 68.5. The van der Waals surface area contributed by atoms with Crippen LogP contribution in [0.2, 0.25) is 5.02 Å². The van der Waals surface area contributed by atoms with Crippen LogP contribution < -0.4 is 9.80 Å². The number of benzene rings is 8. The fourth-order valence-corrected chi connectivity index (χ4v) is 8.48. The highest BCUT2D eigenvalue weighted by Gasteiger charge is 2.22. The van der Waals surface area contributed by atoms with Gasteiger partial charge in [-0.3, -0.25) is 0 Å². The Balaban J connectivity index is 1.17. The van der Waals surface area contributed by atoms with Crippen LogP contribution >= 0.6 is 11.6 Å². The van der Waals surface area contributed by atoms with E-state index in [0.717, 1.165) is 78.1 Å². The minimum absolute atomic E-state index is 0.679. The van der Waals surface area contributed by atoms with E-state index in [1.807, 2.05) is 0 Å². The second kappa shape index (κ2) is 14.0. The molecule has 0 fully saturated rings. The molecule has 10 aromatic rings. The first kappa shape index (κ1) is 33.6. The first-order valence-corrected chi connectivity index (χ1v) is 19.3. The lowest BCUT2D eigenvalue weighted by Gasteiger charge is -2.26. The van der Waals surface area contributed by atoms with Gasteiger partial charge in [0.2, 0.25) is 0 Å². The quantitative estimate of drug-likeness (QED) is 0.154. The molecule has 0 radical (unpaired) electrons. The van der Waals surface area contributed by atoms with Crippen molar-refractivity contribution >= 4 is 78.3 Å². The molecule has 0 saturated carbocycles. The number of hydrogen-bond donors (Lipinski definition) is 0. The molecule has 0 N–H and O–H groups in total. The monoisotopic (exact) mass is 740 g/mol. The highest BCUT2D eigenvalue weighted by atomic mass is 35.5. The molecular formula is C51H37ClN4. The van der Waals surface area contributed by atoms with E-state index >= 15 is 0 Å². The molecule has 0 amide bonds. The van der Waals surface area contributed by atoms with E-state index in [2.05, 4.69) is 232 Å².